The quantitative estimate of drug-likeness (QED) is 0.755. The lowest BCUT2D eigenvalue weighted by atomic mass is 10.2. The number of esters is 1. The Morgan fingerprint density at radius 2 is 2.23 bits per heavy atom. The highest BCUT2D eigenvalue weighted by Crippen LogP contribution is 2.26. The number of hydrogen-bond acceptors (Lipinski definition) is 5. The number of amides is 1. The van der Waals surface area contributed by atoms with Crippen LogP contribution in [-0.2, 0) is 14.3 Å². The zero-order chi connectivity index (χ0) is 16.1. The van der Waals surface area contributed by atoms with E-state index in [0.717, 1.165) is 0 Å². The fourth-order valence-electron chi connectivity index (χ4n) is 2.14. The smallest absolute Gasteiger partial charge is 0.337 e. The van der Waals surface area contributed by atoms with E-state index in [-0.39, 0.29) is 18.6 Å². The summed E-state index contributed by atoms with van der Waals surface area (Å²) in [5.41, 5.74) is 0.412. The fraction of sp³-hybridized carbons (Fsp3) is 0.467. The Labute approximate surface area is 137 Å². The van der Waals surface area contributed by atoms with E-state index < -0.39 is 5.97 Å². The second kappa shape index (κ2) is 7.60. The summed E-state index contributed by atoms with van der Waals surface area (Å²) in [5, 5.41) is 0. The van der Waals surface area contributed by atoms with Crippen LogP contribution in [0.1, 0.15) is 17.3 Å². The molecule has 2 rings (SSSR count). The average molecular weight is 372 g/mol. The van der Waals surface area contributed by atoms with Gasteiger partial charge in [-0.05, 0) is 41.1 Å². The van der Waals surface area contributed by atoms with Crippen molar-refractivity contribution in [3.63, 3.8) is 0 Å². The lowest BCUT2D eigenvalue weighted by molar-refractivity contribution is -0.140. The predicted octanol–water partition coefficient (Wildman–Crippen LogP) is 1.86. The summed E-state index contributed by atoms with van der Waals surface area (Å²) < 4.78 is 16.2. The topological polar surface area (TPSA) is 65.1 Å². The Kier molecular flexibility index (Phi) is 5.79. The van der Waals surface area contributed by atoms with E-state index in [9.17, 15) is 9.59 Å². The molecule has 0 N–H and O–H groups in total. The van der Waals surface area contributed by atoms with E-state index in [0.29, 0.717) is 35.5 Å². The van der Waals surface area contributed by atoms with Crippen LogP contribution in [0.4, 0.5) is 0 Å². The third-order valence-electron chi connectivity index (χ3n) is 3.30. The molecule has 0 radical (unpaired) electrons. The first kappa shape index (κ1) is 16.8. The molecule has 120 valence electrons. The predicted molar refractivity (Wildman–Crippen MR) is 83.0 cm³/mol. The average Bonchev–Trinajstić information content (AvgIpc) is 2.52. The van der Waals surface area contributed by atoms with Crippen molar-refractivity contribution in [3.8, 4) is 5.75 Å². The molecule has 1 aliphatic rings. The van der Waals surface area contributed by atoms with Crippen LogP contribution in [-0.4, -0.2) is 56.3 Å². The second-order valence-electron chi connectivity index (χ2n) is 4.95. The number of methoxy groups -OCH3 is 1. The normalized spacial score (nSPS) is 18.0. The number of nitrogens with zero attached hydrogens (tertiary/aromatic N) is 1. The summed E-state index contributed by atoms with van der Waals surface area (Å²) in [6, 6.07) is 4.82. The Morgan fingerprint density at radius 3 is 2.86 bits per heavy atom. The molecule has 1 aliphatic heterocycles. The lowest BCUT2D eigenvalue weighted by Gasteiger charge is -2.31. The van der Waals surface area contributed by atoms with Gasteiger partial charge in [0.2, 0.25) is 0 Å². The molecule has 1 heterocycles. The number of hydrogen-bond donors (Lipinski definition) is 0. The zero-order valence-electron chi connectivity index (χ0n) is 12.5. The third-order valence-corrected chi connectivity index (χ3v) is 3.92. The number of rotatable bonds is 4. The van der Waals surface area contributed by atoms with Gasteiger partial charge in [-0.1, -0.05) is 0 Å². The van der Waals surface area contributed by atoms with Gasteiger partial charge in [-0.3, -0.25) is 4.79 Å². The van der Waals surface area contributed by atoms with Crippen LogP contribution in [0.25, 0.3) is 0 Å². The van der Waals surface area contributed by atoms with Crippen LogP contribution in [0, 0.1) is 0 Å². The number of carbonyl (C=O) groups is 2. The van der Waals surface area contributed by atoms with Crippen molar-refractivity contribution in [1.82, 2.24) is 4.90 Å². The van der Waals surface area contributed by atoms with Gasteiger partial charge in [0, 0.05) is 13.1 Å². The Bertz CT molecular complexity index is 563. The SMILES string of the molecule is COC(=O)c1ccc(OCC(=O)N2CCO[C@@H](C)C2)c(Br)c1. The fourth-order valence-corrected chi connectivity index (χ4v) is 2.63. The van der Waals surface area contributed by atoms with E-state index in [1.807, 2.05) is 6.92 Å². The monoisotopic (exact) mass is 371 g/mol. The van der Waals surface area contributed by atoms with Crippen LogP contribution in [0.15, 0.2) is 22.7 Å². The Balaban J connectivity index is 1.93. The van der Waals surface area contributed by atoms with Gasteiger partial charge in [0.05, 0.1) is 29.9 Å². The van der Waals surface area contributed by atoms with E-state index >= 15 is 0 Å². The van der Waals surface area contributed by atoms with Crippen LogP contribution < -0.4 is 4.74 Å². The van der Waals surface area contributed by atoms with E-state index in [1.54, 1.807) is 23.1 Å². The van der Waals surface area contributed by atoms with Gasteiger partial charge < -0.3 is 19.1 Å². The van der Waals surface area contributed by atoms with Crippen molar-refractivity contribution >= 4 is 27.8 Å². The van der Waals surface area contributed by atoms with E-state index in [2.05, 4.69) is 20.7 Å². The summed E-state index contributed by atoms with van der Waals surface area (Å²) in [7, 11) is 1.32. The maximum absolute atomic E-state index is 12.1. The summed E-state index contributed by atoms with van der Waals surface area (Å²) >= 11 is 3.32. The van der Waals surface area contributed by atoms with Crippen LogP contribution >= 0.6 is 15.9 Å². The first-order valence-corrected chi connectivity index (χ1v) is 7.70. The molecule has 0 bridgehead atoms. The molecular formula is C15H18BrNO5. The molecular weight excluding hydrogens is 354 g/mol. The van der Waals surface area contributed by atoms with Crippen LogP contribution in [0.2, 0.25) is 0 Å². The zero-order valence-corrected chi connectivity index (χ0v) is 14.1. The third kappa shape index (κ3) is 4.20. The summed E-state index contributed by atoms with van der Waals surface area (Å²) in [5.74, 6) is -0.00737. The van der Waals surface area contributed by atoms with E-state index in [1.165, 1.54) is 7.11 Å². The summed E-state index contributed by atoms with van der Waals surface area (Å²) in [4.78, 5) is 25.3. The van der Waals surface area contributed by atoms with Gasteiger partial charge in [-0.15, -0.1) is 0 Å². The highest BCUT2D eigenvalue weighted by Gasteiger charge is 2.21. The minimum atomic E-state index is -0.425. The highest BCUT2D eigenvalue weighted by atomic mass is 79.9. The minimum absolute atomic E-state index is 0.0452. The van der Waals surface area contributed by atoms with Gasteiger partial charge in [0.25, 0.3) is 5.91 Å². The minimum Gasteiger partial charge on any atom is -0.483 e. The summed E-state index contributed by atoms with van der Waals surface area (Å²) in [6.07, 6.45) is 0.0452. The second-order valence-corrected chi connectivity index (χ2v) is 5.80. The molecule has 0 spiro atoms. The van der Waals surface area contributed by atoms with Crippen molar-refractivity contribution in [2.24, 2.45) is 0 Å². The largest absolute Gasteiger partial charge is 0.483 e. The van der Waals surface area contributed by atoms with Crippen molar-refractivity contribution in [1.29, 1.82) is 0 Å². The molecule has 1 amide bonds. The molecule has 1 aromatic rings. The molecule has 0 saturated carbocycles. The van der Waals surface area contributed by atoms with Crippen molar-refractivity contribution < 1.29 is 23.8 Å². The number of halogens is 1. The Morgan fingerprint density at radius 1 is 1.45 bits per heavy atom. The van der Waals surface area contributed by atoms with Gasteiger partial charge in [-0.2, -0.15) is 0 Å². The first-order chi connectivity index (χ1) is 10.5. The van der Waals surface area contributed by atoms with Gasteiger partial charge in [-0.25, -0.2) is 4.79 Å². The number of ether oxygens (including phenoxy) is 3. The van der Waals surface area contributed by atoms with Crippen LogP contribution in [0.3, 0.4) is 0 Å². The highest BCUT2D eigenvalue weighted by molar-refractivity contribution is 9.10. The maximum Gasteiger partial charge on any atom is 0.337 e. The molecule has 0 aromatic heterocycles. The molecule has 7 heteroatoms. The molecule has 1 saturated heterocycles. The number of morpholine rings is 1. The molecule has 1 atom stereocenters. The lowest BCUT2D eigenvalue weighted by Crippen LogP contribution is -2.46. The van der Waals surface area contributed by atoms with Gasteiger partial charge in [0.1, 0.15) is 5.75 Å². The van der Waals surface area contributed by atoms with Gasteiger partial charge in [0.15, 0.2) is 6.61 Å². The van der Waals surface area contributed by atoms with Crippen molar-refractivity contribution in [2.75, 3.05) is 33.4 Å². The first-order valence-electron chi connectivity index (χ1n) is 6.91. The summed E-state index contributed by atoms with van der Waals surface area (Å²) in [6.45, 7) is 3.58. The van der Waals surface area contributed by atoms with Crippen LogP contribution in [0.5, 0.6) is 5.75 Å². The molecule has 0 unspecified atom stereocenters. The standard InChI is InChI=1S/C15H18BrNO5/c1-10-8-17(5-6-21-10)14(18)9-22-13-4-3-11(7-12(13)16)15(19)20-2/h3-4,7,10H,5-6,8-9H2,1-2H3/t10-/m0/s1. The Hall–Kier alpha value is -1.60. The van der Waals surface area contributed by atoms with Crippen molar-refractivity contribution in [2.45, 2.75) is 13.0 Å². The number of benzene rings is 1. The molecule has 1 aromatic carbocycles. The van der Waals surface area contributed by atoms with Crippen molar-refractivity contribution in [3.05, 3.63) is 28.2 Å². The molecule has 0 aliphatic carbocycles. The maximum atomic E-state index is 12.1. The molecule has 22 heavy (non-hydrogen) atoms. The van der Waals surface area contributed by atoms with E-state index in [4.69, 9.17) is 9.47 Å². The van der Waals surface area contributed by atoms with Gasteiger partial charge >= 0.3 is 5.97 Å². The molecule has 1 fully saturated rings. The number of carbonyl (C=O) groups excluding carboxylic acids is 2. The molecule has 6 nitrogen and oxygen atoms in total.